The summed E-state index contributed by atoms with van der Waals surface area (Å²) in [4.78, 5) is 24.3. The van der Waals surface area contributed by atoms with Crippen molar-refractivity contribution in [2.24, 2.45) is 0 Å². The third kappa shape index (κ3) is 2.40. The standard InChI is InChI=1S/C10H15NO4/c12-9-8(4-7-14-9)15-10(13)11-5-2-1-3-6-11/h8H,1-7H2. The monoisotopic (exact) mass is 213 g/mol. The molecule has 2 aliphatic rings. The van der Waals surface area contributed by atoms with Crippen molar-refractivity contribution in [2.45, 2.75) is 31.8 Å². The number of rotatable bonds is 1. The lowest BCUT2D eigenvalue weighted by molar-refractivity contribution is -0.145. The van der Waals surface area contributed by atoms with Crippen LogP contribution in [0.1, 0.15) is 25.7 Å². The lowest BCUT2D eigenvalue weighted by atomic mass is 10.1. The minimum Gasteiger partial charge on any atom is -0.463 e. The number of ether oxygens (including phenoxy) is 2. The summed E-state index contributed by atoms with van der Waals surface area (Å²) in [6.45, 7) is 1.83. The predicted octanol–water partition coefficient (Wildman–Crippen LogP) is 0.924. The molecule has 0 spiro atoms. The maximum absolute atomic E-state index is 11.6. The van der Waals surface area contributed by atoms with Crippen LogP contribution in [0.15, 0.2) is 0 Å². The zero-order chi connectivity index (χ0) is 10.7. The number of piperidine rings is 1. The van der Waals surface area contributed by atoms with Gasteiger partial charge in [-0.1, -0.05) is 0 Å². The molecule has 2 rings (SSSR count). The Hall–Kier alpha value is -1.26. The third-order valence-corrected chi connectivity index (χ3v) is 2.74. The van der Waals surface area contributed by atoms with Gasteiger partial charge in [0.2, 0.25) is 6.10 Å². The Kier molecular flexibility index (Phi) is 3.08. The molecule has 0 saturated carbocycles. The molecule has 0 N–H and O–H groups in total. The van der Waals surface area contributed by atoms with Crippen molar-refractivity contribution in [1.29, 1.82) is 0 Å². The largest absolute Gasteiger partial charge is 0.463 e. The molecular formula is C10H15NO4. The van der Waals surface area contributed by atoms with Crippen LogP contribution in [0, 0.1) is 0 Å². The van der Waals surface area contributed by atoms with Gasteiger partial charge in [0.1, 0.15) is 0 Å². The van der Waals surface area contributed by atoms with Crippen molar-refractivity contribution in [3.8, 4) is 0 Å². The van der Waals surface area contributed by atoms with E-state index in [0.29, 0.717) is 13.0 Å². The first-order valence-electron chi connectivity index (χ1n) is 5.39. The highest BCUT2D eigenvalue weighted by Crippen LogP contribution is 2.15. The molecule has 84 valence electrons. The van der Waals surface area contributed by atoms with E-state index in [0.717, 1.165) is 32.4 Å². The van der Waals surface area contributed by atoms with Gasteiger partial charge in [0, 0.05) is 19.5 Å². The van der Waals surface area contributed by atoms with Gasteiger partial charge in [0.25, 0.3) is 0 Å². The Morgan fingerprint density at radius 2 is 2.07 bits per heavy atom. The number of carbonyl (C=O) groups excluding carboxylic acids is 2. The van der Waals surface area contributed by atoms with E-state index in [1.807, 2.05) is 0 Å². The fourth-order valence-electron chi connectivity index (χ4n) is 1.86. The third-order valence-electron chi connectivity index (χ3n) is 2.74. The molecule has 2 saturated heterocycles. The number of likely N-dealkylation sites (tertiary alicyclic amines) is 1. The molecule has 1 unspecified atom stereocenters. The van der Waals surface area contributed by atoms with E-state index in [1.54, 1.807) is 4.90 Å². The van der Waals surface area contributed by atoms with Gasteiger partial charge in [-0.3, -0.25) is 0 Å². The van der Waals surface area contributed by atoms with Crippen molar-refractivity contribution in [3.05, 3.63) is 0 Å². The number of amides is 1. The number of hydrogen-bond donors (Lipinski definition) is 0. The second-order valence-corrected chi connectivity index (χ2v) is 3.88. The maximum atomic E-state index is 11.6. The highest BCUT2D eigenvalue weighted by atomic mass is 16.6. The Bertz CT molecular complexity index is 260. The fraction of sp³-hybridized carbons (Fsp3) is 0.800. The SMILES string of the molecule is O=C1OCCC1OC(=O)N1CCCCC1. The summed E-state index contributed by atoms with van der Waals surface area (Å²) in [5.74, 6) is -0.416. The van der Waals surface area contributed by atoms with Gasteiger partial charge in [-0.25, -0.2) is 9.59 Å². The molecule has 5 heteroatoms. The van der Waals surface area contributed by atoms with Gasteiger partial charge in [-0.15, -0.1) is 0 Å². The fourth-order valence-corrected chi connectivity index (χ4v) is 1.86. The van der Waals surface area contributed by atoms with E-state index in [9.17, 15) is 9.59 Å². The zero-order valence-electron chi connectivity index (χ0n) is 8.61. The Morgan fingerprint density at radius 1 is 1.33 bits per heavy atom. The molecule has 0 aromatic rings. The van der Waals surface area contributed by atoms with Crippen LogP contribution in [-0.2, 0) is 14.3 Å². The van der Waals surface area contributed by atoms with E-state index < -0.39 is 12.1 Å². The molecule has 0 aromatic heterocycles. The normalized spacial score (nSPS) is 26.3. The molecule has 15 heavy (non-hydrogen) atoms. The molecule has 0 bridgehead atoms. The van der Waals surface area contributed by atoms with Crippen LogP contribution in [0.5, 0.6) is 0 Å². The maximum Gasteiger partial charge on any atom is 0.410 e. The Labute approximate surface area is 88.3 Å². The summed E-state index contributed by atoms with van der Waals surface area (Å²) in [6.07, 6.45) is 2.63. The van der Waals surface area contributed by atoms with Gasteiger partial charge in [-0.2, -0.15) is 0 Å². The average Bonchev–Trinajstić information content (AvgIpc) is 2.66. The minimum atomic E-state index is -0.681. The number of nitrogens with zero attached hydrogens (tertiary/aromatic N) is 1. The van der Waals surface area contributed by atoms with Gasteiger partial charge >= 0.3 is 12.1 Å². The first kappa shape index (κ1) is 10.3. The van der Waals surface area contributed by atoms with Crippen LogP contribution in [0.25, 0.3) is 0 Å². The minimum absolute atomic E-state index is 0.358. The van der Waals surface area contributed by atoms with Gasteiger partial charge in [0.15, 0.2) is 0 Å². The summed E-state index contributed by atoms with van der Waals surface area (Å²) in [5, 5.41) is 0. The quantitative estimate of drug-likeness (QED) is 0.608. The molecule has 1 atom stereocenters. The molecule has 0 aromatic carbocycles. The van der Waals surface area contributed by atoms with Crippen molar-refractivity contribution in [2.75, 3.05) is 19.7 Å². The topological polar surface area (TPSA) is 55.8 Å². The summed E-state index contributed by atoms with van der Waals surface area (Å²) < 4.78 is 9.79. The van der Waals surface area contributed by atoms with Crippen LogP contribution in [-0.4, -0.2) is 42.8 Å². The molecule has 5 nitrogen and oxygen atoms in total. The van der Waals surface area contributed by atoms with Crippen LogP contribution < -0.4 is 0 Å². The van der Waals surface area contributed by atoms with Crippen molar-refractivity contribution in [3.63, 3.8) is 0 Å². The zero-order valence-corrected chi connectivity index (χ0v) is 8.61. The van der Waals surface area contributed by atoms with Crippen LogP contribution in [0.3, 0.4) is 0 Å². The molecule has 0 radical (unpaired) electrons. The number of hydrogen-bond acceptors (Lipinski definition) is 4. The molecule has 0 aliphatic carbocycles. The van der Waals surface area contributed by atoms with Gasteiger partial charge in [-0.05, 0) is 19.3 Å². The summed E-state index contributed by atoms with van der Waals surface area (Å²) >= 11 is 0. The smallest absolute Gasteiger partial charge is 0.410 e. The molecule has 2 aliphatic heterocycles. The van der Waals surface area contributed by atoms with E-state index >= 15 is 0 Å². The van der Waals surface area contributed by atoms with Crippen molar-refractivity contribution in [1.82, 2.24) is 4.90 Å². The lowest BCUT2D eigenvalue weighted by Crippen LogP contribution is -2.38. The van der Waals surface area contributed by atoms with E-state index in [4.69, 9.17) is 9.47 Å². The number of carbonyl (C=O) groups is 2. The summed E-state index contributed by atoms with van der Waals surface area (Å²) in [7, 11) is 0. The molecular weight excluding hydrogens is 198 g/mol. The van der Waals surface area contributed by atoms with Crippen molar-refractivity contribution >= 4 is 12.1 Å². The second-order valence-electron chi connectivity index (χ2n) is 3.88. The lowest BCUT2D eigenvalue weighted by Gasteiger charge is -2.26. The second kappa shape index (κ2) is 4.51. The molecule has 2 fully saturated rings. The van der Waals surface area contributed by atoms with Crippen LogP contribution in [0.2, 0.25) is 0 Å². The van der Waals surface area contributed by atoms with E-state index in [1.165, 1.54) is 0 Å². The average molecular weight is 213 g/mol. The summed E-state index contributed by atoms with van der Waals surface area (Å²) in [5.41, 5.74) is 0. The first-order valence-corrected chi connectivity index (χ1v) is 5.39. The van der Waals surface area contributed by atoms with Crippen LogP contribution in [0.4, 0.5) is 4.79 Å². The first-order chi connectivity index (χ1) is 7.27. The van der Waals surface area contributed by atoms with Gasteiger partial charge < -0.3 is 14.4 Å². The highest BCUT2D eigenvalue weighted by molar-refractivity contribution is 5.80. The van der Waals surface area contributed by atoms with Crippen molar-refractivity contribution < 1.29 is 19.1 Å². The molecule has 1 amide bonds. The Morgan fingerprint density at radius 3 is 2.67 bits per heavy atom. The molecule has 2 heterocycles. The van der Waals surface area contributed by atoms with E-state index in [-0.39, 0.29) is 6.09 Å². The predicted molar refractivity (Wildman–Crippen MR) is 51.3 cm³/mol. The number of cyclic esters (lactones) is 1. The summed E-state index contributed by atoms with van der Waals surface area (Å²) in [6, 6.07) is 0. The Balaban J connectivity index is 1.82. The van der Waals surface area contributed by atoms with Crippen LogP contribution >= 0.6 is 0 Å². The number of esters is 1. The van der Waals surface area contributed by atoms with E-state index in [2.05, 4.69) is 0 Å². The highest BCUT2D eigenvalue weighted by Gasteiger charge is 2.32. The van der Waals surface area contributed by atoms with Gasteiger partial charge in [0.05, 0.1) is 6.61 Å².